The van der Waals surface area contributed by atoms with E-state index in [1.165, 1.54) is 44.8 Å². The molecule has 16 heavy (non-hydrogen) atoms. The minimum atomic E-state index is -0.109. The molecule has 90 valence electrons. The van der Waals surface area contributed by atoms with Gasteiger partial charge in [-0.25, -0.2) is 4.79 Å². The number of hydrogen-bond donors (Lipinski definition) is 1. The average Bonchev–Trinajstić information content (AvgIpc) is 2.39. The van der Waals surface area contributed by atoms with E-state index in [0.717, 1.165) is 25.1 Å². The first-order valence-corrected chi connectivity index (χ1v) is 6.34. The fourth-order valence-electron chi connectivity index (χ4n) is 2.90. The molecule has 0 spiro atoms. The van der Waals surface area contributed by atoms with Crippen molar-refractivity contribution in [2.24, 2.45) is 5.92 Å². The molecule has 0 amide bonds. The van der Waals surface area contributed by atoms with Crippen LogP contribution in [0, 0.1) is 5.92 Å². The van der Waals surface area contributed by atoms with E-state index in [2.05, 4.69) is 5.32 Å². The quantitative estimate of drug-likeness (QED) is 0.728. The number of carbonyl (C=O) groups excluding carboxylic acids is 1. The Morgan fingerprint density at radius 1 is 1.31 bits per heavy atom. The molecule has 0 aromatic heterocycles. The van der Waals surface area contributed by atoms with E-state index < -0.39 is 0 Å². The van der Waals surface area contributed by atoms with Crippen LogP contribution in [-0.4, -0.2) is 26.2 Å². The van der Waals surface area contributed by atoms with Crippen LogP contribution >= 0.6 is 0 Å². The molecular weight excluding hydrogens is 202 g/mol. The SMILES string of the molecule is COC(=O)C1=C(C2CCCCC2)CNCC1. The standard InChI is InChI=1S/C13H21NO2/c1-16-13(15)11-7-8-14-9-12(11)10-5-3-2-4-6-10/h10,14H,2-9H2,1H3. The Labute approximate surface area is 97.2 Å². The highest BCUT2D eigenvalue weighted by molar-refractivity contribution is 5.89. The van der Waals surface area contributed by atoms with Crippen LogP contribution < -0.4 is 5.32 Å². The van der Waals surface area contributed by atoms with E-state index in [9.17, 15) is 4.79 Å². The second kappa shape index (κ2) is 5.48. The molecule has 1 saturated carbocycles. The van der Waals surface area contributed by atoms with Crippen molar-refractivity contribution >= 4 is 5.97 Å². The van der Waals surface area contributed by atoms with Gasteiger partial charge in [-0.05, 0) is 37.3 Å². The molecule has 2 rings (SSSR count). The van der Waals surface area contributed by atoms with Gasteiger partial charge in [-0.15, -0.1) is 0 Å². The van der Waals surface area contributed by atoms with Crippen molar-refractivity contribution in [2.75, 3.05) is 20.2 Å². The van der Waals surface area contributed by atoms with Crippen LogP contribution in [0.3, 0.4) is 0 Å². The monoisotopic (exact) mass is 223 g/mol. The number of methoxy groups -OCH3 is 1. The number of nitrogens with one attached hydrogen (secondary N) is 1. The first kappa shape index (κ1) is 11.6. The summed E-state index contributed by atoms with van der Waals surface area (Å²) in [5, 5.41) is 3.38. The van der Waals surface area contributed by atoms with Crippen LogP contribution in [0.4, 0.5) is 0 Å². The number of esters is 1. The lowest BCUT2D eigenvalue weighted by atomic mass is 9.80. The molecule has 0 unspecified atom stereocenters. The van der Waals surface area contributed by atoms with Gasteiger partial charge in [-0.3, -0.25) is 0 Å². The number of rotatable bonds is 2. The molecule has 0 saturated heterocycles. The van der Waals surface area contributed by atoms with E-state index in [1.54, 1.807) is 0 Å². The first-order chi connectivity index (χ1) is 7.83. The third-order valence-corrected chi connectivity index (χ3v) is 3.78. The third kappa shape index (κ3) is 2.46. The molecule has 1 fully saturated rings. The zero-order chi connectivity index (χ0) is 11.4. The molecule has 1 aliphatic heterocycles. The summed E-state index contributed by atoms with van der Waals surface area (Å²) in [5.74, 6) is 0.512. The van der Waals surface area contributed by atoms with E-state index >= 15 is 0 Å². The molecule has 0 aromatic carbocycles. The van der Waals surface area contributed by atoms with Crippen molar-refractivity contribution in [2.45, 2.75) is 38.5 Å². The summed E-state index contributed by atoms with van der Waals surface area (Å²) in [6, 6.07) is 0. The van der Waals surface area contributed by atoms with E-state index in [1.807, 2.05) is 0 Å². The van der Waals surface area contributed by atoms with Crippen molar-refractivity contribution < 1.29 is 9.53 Å². The summed E-state index contributed by atoms with van der Waals surface area (Å²) < 4.78 is 4.89. The fourth-order valence-corrected chi connectivity index (χ4v) is 2.90. The number of carbonyl (C=O) groups is 1. The predicted octanol–water partition coefficient (Wildman–Crippen LogP) is 2.03. The molecule has 0 bridgehead atoms. The number of ether oxygens (including phenoxy) is 1. The summed E-state index contributed by atoms with van der Waals surface area (Å²) >= 11 is 0. The molecule has 1 N–H and O–H groups in total. The molecule has 0 atom stereocenters. The van der Waals surface area contributed by atoms with Crippen LogP contribution in [0.25, 0.3) is 0 Å². The summed E-state index contributed by atoms with van der Waals surface area (Å²) in [7, 11) is 1.48. The van der Waals surface area contributed by atoms with Gasteiger partial charge < -0.3 is 10.1 Å². The summed E-state index contributed by atoms with van der Waals surface area (Å²) in [4.78, 5) is 11.7. The molecular formula is C13H21NO2. The zero-order valence-corrected chi connectivity index (χ0v) is 10.1. The molecule has 0 aromatic rings. The van der Waals surface area contributed by atoms with Crippen LogP contribution in [0.2, 0.25) is 0 Å². The molecule has 1 heterocycles. The second-order valence-corrected chi connectivity index (χ2v) is 4.76. The lowest BCUT2D eigenvalue weighted by molar-refractivity contribution is -0.136. The highest BCUT2D eigenvalue weighted by Crippen LogP contribution is 2.33. The van der Waals surface area contributed by atoms with Gasteiger partial charge in [0.2, 0.25) is 0 Å². The molecule has 2 aliphatic rings. The van der Waals surface area contributed by atoms with Gasteiger partial charge in [0.05, 0.1) is 7.11 Å². The van der Waals surface area contributed by atoms with Crippen molar-refractivity contribution in [1.82, 2.24) is 5.32 Å². The Morgan fingerprint density at radius 3 is 2.75 bits per heavy atom. The third-order valence-electron chi connectivity index (χ3n) is 3.78. The van der Waals surface area contributed by atoms with Gasteiger partial charge >= 0.3 is 5.97 Å². The molecule has 3 nitrogen and oxygen atoms in total. The van der Waals surface area contributed by atoms with Crippen LogP contribution in [0.5, 0.6) is 0 Å². The van der Waals surface area contributed by atoms with Crippen molar-refractivity contribution in [3.63, 3.8) is 0 Å². The Balaban J connectivity index is 2.17. The number of hydrogen-bond acceptors (Lipinski definition) is 3. The zero-order valence-electron chi connectivity index (χ0n) is 10.1. The average molecular weight is 223 g/mol. The van der Waals surface area contributed by atoms with Crippen LogP contribution in [0.15, 0.2) is 11.1 Å². The minimum absolute atomic E-state index is 0.109. The summed E-state index contributed by atoms with van der Waals surface area (Å²) in [6.45, 7) is 1.79. The highest BCUT2D eigenvalue weighted by Gasteiger charge is 2.26. The van der Waals surface area contributed by atoms with Gasteiger partial charge in [0.25, 0.3) is 0 Å². The van der Waals surface area contributed by atoms with Gasteiger partial charge in [-0.2, -0.15) is 0 Å². The predicted molar refractivity (Wildman–Crippen MR) is 63.1 cm³/mol. The Hall–Kier alpha value is -0.830. The topological polar surface area (TPSA) is 38.3 Å². The van der Waals surface area contributed by atoms with Gasteiger partial charge in [-0.1, -0.05) is 19.3 Å². The van der Waals surface area contributed by atoms with E-state index in [0.29, 0.717) is 5.92 Å². The van der Waals surface area contributed by atoms with Crippen molar-refractivity contribution in [1.29, 1.82) is 0 Å². The highest BCUT2D eigenvalue weighted by atomic mass is 16.5. The lowest BCUT2D eigenvalue weighted by Gasteiger charge is -2.29. The van der Waals surface area contributed by atoms with Crippen LogP contribution in [0.1, 0.15) is 38.5 Å². The van der Waals surface area contributed by atoms with Gasteiger partial charge in [0.1, 0.15) is 0 Å². The smallest absolute Gasteiger partial charge is 0.333 e. The van der Waals surface area contributed by atoms with Gasteiger partial charge in [0, 0.05) is 12.1 Å². The maximum Gasteiger partial charge on any atom is 0.333 e. The maximum absolute atomic E-state index is 11.7. The minimum Gasteiger partial charge on any atom is -0.466 e. The van der Waals surface area contributed by atoms with Crippen molar-refractivity contribution in [3.05, 3.63) is 11.1 Å². The Morgan fingerprint density at radius 2 is 2.06 bits per heavy atom. The molecule has 3 heteroatoms. The normalized spacial score (nSPS) is 23.3. The lowest BCUT2D eigenvalue weighted by Crippen LogP contribution is -2.32. The van der Waals surface area contributed by atoms with E-state index in [4.69, 9.17) is 4.74 Å². The fraction of sp³-hybridized carbons (Fsp3) is 0.769. The first-order valence-electron chi connectivity index (χ1n) is 6.34. The molecule has 1 aliphatic carbocycles. The Bertz CT molecular complexity index is 290. The van der Waals surface area contributed by atoms with E-state index in [-0.39, 0.29) is 5.97 Å². The maximum atomic E-state index is 11.7. The second-order valence-electron chi connectivity index (χ2n) is 4.76. The summed E-state index contributed by atoms with van der Waals surface area (Å²) in [5.41, 5.74) is 2.28. The summed E-state index contributed by atoms with van der Waals surface area (Å²) in [6.07, 6.45) is 7.30. The van der Waals surface area contributed by atoms with Crippen molar-refractivity contribution in [3.8, 4) is 0 Å². The van der Waals surface area contributed by atoms with Gasteiger partial charge in [0.15, 0.2) is 0 Å². The van der Waals surface area contributed by atoms with Crippen LogP contribution in [-0.2, 0) is 9.53 Å². The molecule has 0 radical (unpaired) electrons. The largest absolute Gasteiger partial charge is 0.466 e. The Kier molecular flexibility index (Phi) is 3.99.